The van der Waals surface area contributed by atoms with Crippen molar-refractivity contribution in [3.8, 4) is 0 Å². The lowest BCUT2D eigenvalue weighted by Gasteiger charge is -2.26. The minimum Gasteiger partial charge on any atom is -0.378 e. The summed E-state index contributed by atoms with van der Waals surface area (Å²) < 4.78 is 18.9. The lowest BCUT2D eigenvalue weighted by molar-refractivity contribution is -0.135. The van der Waals surface area contributed by atoms with Crippen LogP contribution in [0.5, 0.6) is 0 Å². The Morgan fingerprint density at radius 3 is 2.85 bits per heavy atom. The van der Waals surface area contributed by atoms with E-state index in [0.717, 1.165) is 10.0 Å². The van der Waals surface area contributed by atoms with Crippen LogP contribution in [0, 0.1) is 5.82 Å². The highest BCUT2D eigenvalue weighted by Crippen LogP contribution is 2.17. The highest BCUT2D eigenvalue weighted by molar-refractivity contribution is 9.10. The highest BCUT2D eigenvalue weighted by atomic mass is 79.9. The minimum absolute atomic E-state index is 0.152. The van der Waals surface area contributed by atoms with Gasteiger partial charge in [0.05, 0.1) is 13.2 Å². The molecule has 1 N–H and O–H groups in total. The number of hydrogen-bond donors (Lipinski definition) is 1. The molecule has 0 atom stereocenters. The van der Waals surface area contributed by atoms with Gasteiger partial charge in [-0.1, -0.05) is 22.0 Å². The van der Waals surface area contributed by atoms with E-state index in [9.17, 15) is 9.18 Å². The van der Waals surface area contributed by atoms with Gasteiger partial charge < -0.3 is 15.0 Å². The monoisotopic (exact) mass is 344 g/mol. The molecule has 110 valence electrons. The average Bonchev–Trinajstić information content (AvgIpc) is 2.46. The van der Waals surface area contributed by atoms with Crippen LogP contribution < -0.4 is 5.32 Å². The molecule has 1 aliphatic rings. The summed E-state index contributed by atoms with van der Waals surface area (Å²) in [5.41, 5.74) is 0.977. The van der Waals surface area contributed by atoms with Gasteiger partial charge >= 0.3 is 0 Å². The Kier molecular flexibility index (Phi) is 5.94. The van der Waals surface area contributed by atoms with Crippen molar-refractivity contribution in [2.24, 2.45) is 0 Å². The molecule has 0 spiro atoms. The summed E-state index contributed by atoms with van der Waals surface area (Å²) in [7, 11) is 0. The molecule has 1 amide bonds. The quantitative estimate of drug-likeness (QED) is 0.830. The molecular formula is C14H18BrFN2O2. The van der Waals surface area contributed by atoms with E-state index in [2.05, 4.69) is 21.2 Å². The van der Waals surface area contributed by atoms with Crippen LogP contribution in [0.2, 0.25) is 0 Å². The third-order valence-corrected chi connectivity index (χ3v) is 3.95. The molecule has 20 heavy (non-hydrogen) atoms. The van der Waals surface area contributed by atoms with Crippen molar-refractivity contribution in [2.75, 3.05) is 32.8 Å². The largest absolute Gasteiger partial charge is 0.378 e. The average molecular weight is 345 g/mol. The first-order chi connectivity index (χ1) is 9.66. The molecule has 4 nitrogen and oxygen atoms in total. The van der Waals surface area contributed by atoms with Gasteiger partial charge in [0.1, 0.15) is 5.82 Å². The van der Waals surface area contributed by atoms with Gasteiger partial charge in [0.15, 0.2) is 0 Å². The summed E-state index contributed by atoms with van der Waals surface area (Å²) in [6.45, 7) is 3.84. The molecule has 0 radical (unpaired) electrons. The molecule has 6 heteroatoms. The van der Waals surface area contributed by atoms with Crippen molar-refractivity contribution in [1.29, 1.82) is 0 Å². The molecule has 0 unspecified atom stereocenters. The number of amides is 1. The Hall–Kier alpha value is -0.980. The van der Waals surface area contributed by atoms with E-state index < -0.39 is 0 Å². The molecule has 1 aromatic carbocycles. The van der Waals surface area contributed by atoms with Crippen LogP contribution in [0.1, 0.15) is 12.0 Å². The zero-order valence-electron chi connectivity index (χ0n) is 11.2. The summed E-state index contributed by atoms with van der Waals surface area (Å²) in [5, 5.41) is 3.20. The number of ether oxygens (including phenoxy) is 1. The van der Waals surface area contributed by atoms with Crippen LogP contribution in [-0.2, 0) is 16.1 Å². The number of nitrogens with zero attached hydrogens (tertiary/aromatic N) is 1. The van der Waals surface area contributed by atoms with E-state index in [1.807, 2.05) is 4.90 Å². The van der Waals surface area contributed by atoms with Crippen LogP contribution in [0.4, 0.5) is 4.39 Å². The first kappa shape index (κ1) is 15.4. The molecule has 1 heterocycles. The van der Waals surface area contributed by atoms with Crippen LogP contribution in [0.25, 0.3) is 0 Å². The van der Waals surface area contributed by atoms with E-state index in [4.69, 9.17) is 4.74 Å². The van der Waals surface area contributed by atoms with Crippen LogP contribution >= 0.6 is 15.9 Å². The van der Waals surface area contributed by atoms with Crippen molar-refractivity contribution in [2.45, 2.75) is 13.0 Å². The van der Waals surface area contributed by atoms with E-state index in [1.165, 1.54) is 12.1 Å². The molecule has 0 saturated carbocycles. The number of morpholine rings is 1. The van der Waals surface area contributed by atoms with E-state index in [0.29, 0.717) is 45.8 Å². The zero-order chi connectivity index (χ0) is 14.4. The Labute approximate surface area is 126 Å². The van der Waals surface area contributed by atoms with Gasteiger partial charge in [0.25, 0.3) is 0 Å². The van der Waals surface area contributed by atoms with Crippen molar-refractivity contribution < 1.29 is 13.9 Å². The minimum atomic E-state index is -0.261. The second-order valence-corrected chi connectivity index (χ2v) is 5.51. The van der Waals surface area contributed by atoms with E-state index >= 15 is 0 Å². The molecular weight excluding hydrogens is 327 g/mol. The summed E-state index contributed by atoms with van der Waals surface area (Å²) in [5.74, 6) is -0.109. The first-order valence-electron chi connectivity index (χ1n) is 6.67. The zero-order valence-corrected chi connectivity index (χ0v) is 12.8. The Bertz CT molecular complexity index is 464. The molecule has 0 aliphatic carbocycles. The smallest absolute Gasteiger partial charge is 0.224 e. The number of benzene rings is 1. The molecule has 1 fully saturated rings. The van der Waals surface area contributed by atoms with Crippen molar-refractivity contribution in [3.05, 3.63) is 34.1 Å². The van der Waals surface area contributed by atoms with Crippen molar-refractivity contribution >= 4 is 21.8 Å². The van der Waals surface area contributed by atoms with Crippen molar-refractivity contribution in [1.82, 2.24) is 10.2 Å². The molecule has 1 aromatic rings. The van der Waals surface area contributed by atoms with E-state index in [1.54, 1.807) is 6.07 Å². The van der Waals surface area contributed by atoms with Gasteiger partial charge in [-0.25, -0.2) is 4.39 Å². The summed E-state index contributed by atoms with van der Waals surface area (Å²) in [6.07, 6.45) is 0.471. The topological polar surface area (TPSA) is 41.6 Å². The van der Waals surface area contributed by atoms with Gasteiger partial charge in [0, 0.05) is 37.1 Å². The predicted octanol–water partition coefficient (Wildman–Crippen LogP) is 1.93. The lowest BCUT2D eigenvalue weighted by atomic mass is 10.2. The van der Waals surface area contributed by atoms with E-state index in [-0.39, 0.29) is 11.7 Å². The highest BCUT2D eigenvalue weighted by Gasteiger charge is 2.15. The Morgan fingerprint density at radius 1 is 1.40 bits per heavy atom. The predicted molar refractivity (Wildman–Crippen MR) is 77.8 cm³/mol. The number of carbonyl (C=O) groups excluding carboxylic acids is 1. The fourth-order valence-corrected chi connectivity index (χ4v) is 2.55. The Balaban J connectivity index is 1.69. The number of rotatable bonds is 5. The Morgan fingerprint density at radius 2 is 2.15 bits per heavy atom. The maximum atomic E-state index is 12.9. The molecule has 0 aromatic heterocycles. The molecule has 1 saturated heterocycles. The summed E-state index contributed by atoms with van der Waals surface area (Å²) in [6, 6.07) is 4.60. The third-order valence-electron chi connectivity index (χ3n) is 3.21. The van der Waals surface area contributed by atoms with Crippen LogP contribution in [0.15, 0.2) is 22.7 Å². The first-order valence-corrected chi connectivity index (χ1v) is 7.46. The van der Waals surface area contributed by atoms with Crippen LogP contribution in [-0.4, -0.2) is 43.7 Å². The van der Waals surface area contributed by atoms with Crippen LogP contribution in [0.3, 0.4) is 0 Å². The maximum Gasteiger partial charge on any atom is 0.224 e. The van der Waals surface area contributed by atoms with Crippen molar-refractivity contribution in [3.63, 3.8) is 0 Å². The number of hydrogen-bond acceptors (Lipinski definition) is 3. The standard InChI is InChI=1S/C14H18BrFN2O2/c15-13-9-12(16)2-1-11(13)10-17-4-3-14(19)18-5-7-20-8-6-18/h1-2,9,17H,3-8,10H2. The number of carbonyl (C=O) groups is 1. The lowest BCUT2D eigenvalue weighted by Crippen LogP contribution is -2.41. The molecule has 1 aliphatic heterocycles. The normalized spacial score (nSPS) is 15.4. The van der Waals surface area contributed by atoms with Gasteiger partial charge in [-0.3, -0.25) is 4.79 Å². The van der Waals surface area contributed by atoms with Gasteiger partial charge in [-0.15, -0.1) is 0 Å². The number of halogens is 2. The fraction of sp³-hybridized carbons (Fsp3) is 0.500. The van der Waals surface area contributed by atoms with Gasteiger partial charge in [-0.2, -0.15) is 0 Å². The second kappa shape index (κ2) is 7.71. The fourth-order valence-electron chi connectivity index (χ4n) is 2.05. The molecule has 0 bridgehead atoms. The SMILES string of the molecule is O=C(CCNCc1ccc(F)cc1Br)N1CCOCC1. The number of nitrogens with one attached hydrogen (secondary N) is 1. The van der Waals surface area contributed by atoms with Gasteiger partial charge in [0.2, 0.25) is 5.91 Å². The summed E-state index contributed by atoms with van der Waals surface area (Å²) >= 11 is 3.32. The molecule has 2 rings (SSSR count). The summed E-state index contributed by atoms with van der Waals surface area (Å²) in [4.78, 5) is 13.7. The second-order valence-electron chi connectivity index (χ2n) is 4.66. The third kappa shape index (κ3) is 4.54. The van der Waals surface area contributed by atoms with Gasteiger partial charge in [-0.05, 0) is 17.7 Å². The maximum absolute atomic E-state index is 12.9.